The summed E-state index contributed by atoms with van der Waals surface area (Å²) in [7, 11) is 0. The lowest BCUT2D eigenvalue weighted by Gasteiger charge is -2.27. The largest absolute Gasteiger partial charge is 0.486 e. The van der Waals surface area contributed by atoms with Crippen LogP contribution in [0.15, 0.2) is 48.9 Å². The number of carbonyl (C=O) groups excluding carboxylic acids is 1. The van der Waals surface area contributed by atoms with Crippen LogP contribution in [0.2, 0.25) is 10.0 Å². The third kappa shape index (κ3) is 4.31. The van der Waals surface area contributed by atoms with E-state index in [2.05, 4.69) is 25.5 Å². The number of ether oxygens (including phenoxy) is 1. The van der Waals surface area contributed by atoms with Crippen molar-refractivity contribution in [2.75, 3.05) is 24.5 Å². The maximum atomic E-state index is 11.7. The molecule has 1 aromatic carbocycles. The molecular weight excluding hydrogens is 463 g/mol. The predicted molar refractivity (Wildman–Crippen MR) is 128 cm³/mol. The Hall–Kier alpha value is -3.36. The highest BCUT2D eigenvalue weighted by Gasteiger charge is 2.19. The van der Waals surface area contributed by atoms with Crippen molar-refractivity contribution in [1.29, 1.82) is 0 Å². The Morgan fingerprint density at radius 3 is 2.67 bits per heavy atom. The molecule has 4 heterocycles. The van der Waals surface area contributed by atoms with Crippen LogP contribution in [-0.2, 0) is 4.79 Å². The number of aromatic nitrogens is 4. The first kappa shape index (κ1) is 21.5. The number of halogens is 2. The number of hydrogen-bond acceptors (Lipinski definition) is 6. The smallest absolute Gasteiger partial charge is 0.239 e. The number of pyridine rings is 2. The third-order valence-corrected chi connectivity index (χ3v) is 6.13. The number of nitrogens with one attached hydrogen (secondary N) is 2. The maximum absolute atomic E-state index is 11.7. The third-order valence-electron chi connectivity index (χ3n) is 5.53. The summed E-state index contributed by atoms with van der Waals surface area (Å²) in [5, 5.41) is 12.2. The predicted octanol–water partition coefficient (Wildman–Crippen LogP) is 4.40. The quantitative estimate of drug-likeness (QED) is 0.437. The van der Waals surface area contributed by atoms with Gasteiger partial charge in [-0.1, -0.05) is 23.2 Å². The van der Waals surface area contributed by atoms with Gasteiger partial charge in [0.05, 0.1) is 22.1 Å². The van der Waals surface area contributed by atoms with Gasteiger partial charge in [0.1, 0.15) is 23.4 Å². The molecule has 3 aromatic heterocycles. The summed E-state index contributed by atoms with van der Waals surface area (Å²) in [6, 6.07) is 9.57. The number of anilines is 1. The van der Waals surface area contributed by atoms with Gasteiger partial charge in [0.25, 0.3) is 0 Å². The van der Waals surface area contributed by atoms with Crippen molar-refractivity contribution in [1.82, 2.24) is 25.5 Å². The molecule has 0 saturated carbocycles. The first-order valence-corrected chi connectivity index (χ1v) is 11.2. The van der Waals surface area contributed by atoms with E-state index in [4.69, 9.17) is 27.9 Å². The zero-order valence-corrected chi connectivity index (χ0v) is 19.2. The fourth-order valence-electron chi connectivity index (χ4n) is 3.91. The average molecular weight is 483 g/mol. The van der Waals surface area contributed by atoms with E-state index in [9.17, 15) is 4.79 Å². The number of carbonyl (C=O) groups is 1. The fraction of sp³-hybridized carbons (Fsp3) is 0.217. The fourth-order valence-corrected chi connectivity index (χ4v) is 4.58. The highest BCUT2D eigenvalue weighted by Crippen LogP contribution is 2.34. The lowest BCUT2D eigenvalue weighted by atomic mass is 10.1. The lowest BCUT2D eigenvalue weighted by Crippen LogP contribution is -2.48. The van der Waals surface area contributed by atoms with Crippen LogP contribution in [-0.4, -0.2) is 45.7 Å². The molecule has 0 radical (unpaired) electrons. The van der Waals surface area contributed by atoms with Gasteiger partial charge in [-0.3, -0.25) is 14.9 Å². The number of piperazine rings is 1. The van der Waals surface area contributed by atoms with Gasteiger partial charge in [0, 0.05) is 48.2 Å². The van der Waals surface area contributed by atoms with Crippen LogP contribution in [0, 0.1) is 0 Å². The van der Waals surface area contributed by atoms with E-state index in [0.29, 0.717) is 34.4 Å². The van der Waals surface area contributed by atoms with Gasteiger partial charge in [0.2, 0.25) is 5.91 Å². The standard InChI is InChI=1S/C23H20Cl2N6O2/c1-13(22-17(24)10-26-11-18(22)25)33-15-3-4-19-16(8-15)23(30-29-19)14-2-5-20(28-9-14)31-7-6-27-21(32)12-31/h2-5,8-11,13H,6-7,12H2,1H3,(H,27,32)(H,29,30)/t13-/m1/s1. The van der Waals surface area contributed by atoms with E-state index in [0.717, 1.165) is 34.5 Å². The van der Waals surface area contributed by atoms with Gasteiger partial charge < -0.3 is 15.0 Å². The molecule has 168 valence electrons. The molecule has 0 spiro atoms. The topological polar surface area (TPSA) is 96.0 Å². The Morgan fingerprint density at radius 2 is 1.94 bits per heavy atom. The SMILES string of the molecule is C[C@@H](Oc1ccc2[nH]nc(-c3ccc(N4CCNC(=O)C4)nc3)c2c1)c1c(Cl)cncc1Cl. The summed E-state index contributed by atoms with van der Waals surface area (Å²) in [5.41, 5.74) is 3.18. The second-order valence-electron chi connectivity index (χ2n) is 7.73. The van der Waals surface area contributed by atoms with Crippen molar-refractivity contribution in [3.63, 3.8) is 0 Å². The Balaban J connectivity index is 1.41. The molecule has 1 atom stereocenters. The molecule has 1 aliphatic rings. The van der Waals surface area contributed by atoms with Gasteiger partial charge in [-0.05, 0) is 37.3 Å². The van der Waals surface area contributed by atoms with Crippen LogP contribution in [0.1, 0.15) is 18.6 Å². The zero-order chi connectivity index (χ0) is 22.9. The van der Waals surface area contributed by atoms with Crippen molar-refractivity contribution in [3.8, 4) is 17.0 Å². The number of H-pyrrole nitrogens is 1. The van der Waals surface area contributed by atoms with Crippen LogP contribution in [0.25, 0.3) is 22.2 Å². The van der Waals surface area contributed by atoms with Crippen LogP contribution in [0.3, 0.4) is 0 Å². The highest BCUT2D eigenvalue weighted by molar-refractivity contribution is 6.35. The van der Waals surface area contributed by atoms with Crippen molar-refractivity contribution in [3.05, 3.63) is 64.5 Å². The number of fused-ring (bicyclic) bond motifs is 1. The second kappa shape index (κ2) is 8.88. The summed E-state index contributed by atoms with van der Waals surface area (Å²) in [6.45, 7) is 3.54. The van der Waals surface area contributed by atoms with Crippen LogP contribution in [0.4, 0.5) is 5.82 Å². The maximum Gasteiger partial charge on any atom is 0.239 e. The molecule has 10 heteroatoms. The van der Waals surface area contributed by atoms with E-state index in [1.54, 1.807) is 18.6 Å². The van der Waals surface area contributed by atoms with E-state index in [1.807, 2.05) is 42.2 Å². The normalized spacial score (nSPS) is 14.9. The number of hydrogen-bond donors (Lipinski definition) is 2. The molecule has 1 amide bonds. The monoisotopic (exact) mass is 482 g/mol. The molecule has 1 fully saturated rings. The van der Waals surface area contributed by atoms with Crippen molar-refractivity contribution < 1.29 is 9.53 Å². The molecule has 1 aliphatic heterocycles. The summed E-state index contributed by atoms with van der Waals surface area (Å²) >= 11 is 12.6. The van der Waals surface area contributed by atoms with Crippen LogP contribution < -0.4 is 15.0 Å². The molecule has 8 nitrogen and oxygen atoms in total. The summed E-state index contributed by atoms with van der Waals surface area (Å²) in [6.07, 6.45) is 4.49. The Bertz CT molecular complexity index is 1300. The van der Waals surface area contributed by atoms with Gasteiger partial charge in [-0.15, -0.1) is 0 Å². The molecule has 5 rings (SSSR count). The number of rotatable bonds is 5. The van der Waals surface area contributed by atoms with Gasteiger partial charge >= 0.3 is 0 Å². The van der Waals surface area contributed by atoms with Gasteiger partial charge in [0.15, 0.2) is 0 Å². The minimum absolute atomic E-state index is 0.00141. The Kier molecular flexibility index (Phi) is 5.78. The number of amides is 1. The summed E-state index contributed by atoms with van der Waals surface area (Å²) in [5.74, 6) is 1.42. The van der Waals surface area contributed by atoms with Crippen molar-refractivity contribution in [2.24, 2.45) is 0 Å². The first-order valence-electron chi connectivity index (χ1n) is 10.4. The van der Waals surface area contributed by atoms with Crippen LogP contribution >= 0.6 is 23.2 Å². The molecular formula is C23H20Cl2N6O2. The summed E-state index contributed by atoms with van der Waals surface area (Å²) < 4.78 is 6.14. The molecule has 0 bridgehead atoms. The summed E-state index contributed by atoms with van der Waals surface area (Å²) in [4.78, 5) is 22.2. The van der Waals surface area contributed by atoms with Crippen molar-refractivity contribution >= 4 is 45.8 Å². The van der Waals surface area contributed by atoms with Crippen molar-refractivity contribution in [2.45, 2.75) is 13.0 Å². The van der Waals surface area contributed by atoms with E-state index < -0.39 is 0 Å². The minimum atomic E-state index is -0.372. The Labute approximate surface area is 199 Å². The number of aromatic amines is 1. The Morgan fingerprint density at radius 1 is 1.12 bits per heavy atom. The molecule has 1 saturated heterocycles. The van der Waals surface area contributed by atoms with E-state index >= 15 is 0 Å². The van der Waals surface area contributed by atoms with E-state index in [-0.39, 0.29) is 12.0 Å². The van der Waals surface area contributed by atoms with Gasteiger partial charge in [-0.25, -0.2) is 4.98 Å². The highest BCUT2D eigenvalue weighted by atomic mass is 35.5. The van der Waals surface area contributed by atoms with E-state index in [1.165, 1.54) is 0 Å². The second-order valence-corrected chi connectivity index (χ2v) is 8.55. The first-order chi connectivity index (χ1) is 16.0. The van der Waals surface area contributed by atoms with Gasteiger partial charge in [-0.2, -0.15) is 5.10 Å². The number of nitrogens with zero attached hydrogens (tertiary/aromatic N) is 4. The molecule has 2 N–H and O–H groups in total. The van der Waals surface area contributed by atoms with Crippen LogP contribution in [0.5, 0.6) is 5.75 Å². The molecule has 33 heavy (non-hydrogen) atoms. The molecule has 0 unspecified atom stereocenters. The lowest BCUT2D eigenvalue weighted by molar-refractivity contribution is -0.120. The zero-order valence-electron chi connectivity index (χ0n) is 17.7. The minimum Gasteiger partial charge on any atom is -0.486 e. The molecule has 0 aliphatic carbocycles. The average Bonchev–Trinajstić information content (AvgIpc) is 3.22. The number of benzene rings is 1. The molecule has 4 aromatic rings.